The van der Waals surface area contributed by atoms with Crippen molar-refractivity contribution < 1.29 is 9.53 Å². The first-order chi connectivity index (χ1) is 10.6. The highest BCUT2D eigenvalue weighted by molar-refractivity contribution is 5.75. The molecule has 5 nitrogen and oxygen atoms in total. The van der Waals surface area contributed by atoms with E-state index in [1.165, 1.54) is 5.56 Å². The smallest absolute Gasteiger partial charge is 0.220 e. The van der Waals surface area contributed by atoms with Crippen molar-refractivity contribution in [3.63, 3.8) is 0 Å². The normalized spacial score (nSPS) is 17.5. The van der Waals surface area contributed by atoms with Crippen LogP contribution in [-0.2, 0) is 4.79 Å². The predicted octanol–water partition coefficient (Wildman–Crippen LogP) is 1.84. The van der Waals surface area contributed by atoms with Gasteiger partial charge in [-0.2, -0.15) is 0 Å². The molecule has 1 saturated heterocycles. The quantitative estimate of drug-likeness (QED) is 0.641. The molecule has 1 heterocycles. The number of ether oxygens (including phenoxy) is 1. The van der Waals surface area contributed by atoms with Crippen molar-refractivity contribution in [2.45, 2.75) is 45.6 Å². The number of nitrogens with one attached hydrogen (secondary N) is 3. The molecule has 3 N–H and O–H groups in total. The number of hydrogen-bond acceptors (Lipinski definition) is 4. The van der Waals surface area contributed by atoms with Gasteiger partial charge in [0.25, 0.3) is 0 Å². The molecule has 1 amide bonds. The number of benzene rings is 1. The Morgan fingerprint density at radius 2 is 2.23 bits per heavy atom. The Labute approximate surface area is 132 Å². The summed E-state index contributed by atoms with van der Waals surface area (Å²) in [5.41, 5.74) is 8.55. The third kappa shape index (κ3) is 5.66. The van der Waals surface area contributed by atoms with Crippen LogP contribution < -0.4 is 20.9 Å². The lowest BCUT2D eigenvalue weighted by Gasteiger charge is -2.11. The van der Waals surface area contributed by atoms with Crippen LogP contribution in [0.1, 0.15) is 36.8 Å². The van der Waals surface area contributed by atoms with E-state index in [9.17, 15) is 4.79 Å². The minimum absolute atomic E-state index is 0.125. The van der Waals surface area contributed by atoms with Gasteiger partial charge >= 0.3 is 0 Å². The Balaban J connectivity index is 1.54. The second kappa shape index (κ2) is 8.76. The summed E-state index contributed by atoms with van der Waals surface area (Å²) in [5.74, 6) is 1.07. The predicted molar refractivity (Wildman–Crippen MR) is 87.8 cm³/mol. The largest absolute Gasteiger partial charge is 0.493 e. The van der Waals surface area contributed by atoms with E-state index in [0.717, 1.165) is 37.1 Å². The van der Waals surface area contributed by atoms with E-state index in [1.54, 1.807) is 0 Å². The summed E-state index contributed by atoms with van der Waals surface area (Å²) in [6.45, 7) is 6.44. The Kier molecular flexibility index (Phi) is 6.68. The SMILES string of the molecule is Cc1ccc(C)c(OCCCCC(=O)NCC2CCNN2)c1. The van der Waals surface area contributed by atoms with Gasteiger partial charge in [-0.1, -0.05) is 12.1 Å². The third-order valence-electron chi connectivity index (χ3n) is 3.87. The number of carbonyl (C=O) groups is 1. The standard InChI is InChI=1S/C17H27N3O2/c1-13-6-7-14(2)16(11-13)22-10-4-3-5-17(21)18-12-15-8-9-19-20-15/h6-7,11,15,19-20H,3-5,8-10,12H2,1-2H3,(H,18,21). The molecule has 0 bridgehead atoms. The number of aryl methyl sites for hydroxylation is 2. The highest BCUT2D eigenvalue weighted by atomic mass is 16.5. The molecule has 2 rings (SSSR count). The van der Waals surface area contributed by atoms with E-state index < -0.39 is 0 Å². The van der Waals surface area contributed by atoms with Crippen molar-refractivity contribution in [1.29, 1.82) is 0 Å². The van der Waals surface area contributed by atoms with Gasteiger partial charge in [0.1, 0.15) is 5.75 Å². The number of hydrogen-bond donors (Lipinski definition) is 3. The zero-order valence-electron chi connectivity index (χ0n) is 13.6. The van der Waals surface area contributed by atoms with Crippen LogP contribution in [0, 0.1) is 13.8 Å². The fourth-order valence-corrected chi connectivity index (χ4v) is 2.45. The minimum Gasteiger partial charge on any atom is -0.493 e. The average Bonchev–Trinajstić information content (AvgIpc) is 3.01. The maximum absolute atomic E-state index is 11.7. The Morgan fingerprint density at radius 1 is 1.36 bits per heavy atom. The molecule has 5 heteroatoms. The molecule has 0 spiro atoms. The maximum atomic E-state index is 11.7. The van der Waals surface area contributed by atoms with Crippen LogP contribution in [-0.4, -0.2) is 31.6 Å². The van der Waals surface area contributed by atoms with Gasteiger partial charge in [-0.05, 0) is 50.3 Å². The Hall–Kier alpha value is -1.59. The van der Waals surface area contributed by atoms with Gasteiger partial charge in [-0.15, -0.1) is 0 Å². The molecule has 0 radical (unpaired) electrons. The van der Waals surface area contributed by atoms with Crippen molar-refractivity contribution in [2.24, 2.45) is 0 Å². The summed E-state index contributed by atoms with van der Waals surface area (Å²) < 4.78 is 5.79. The third-order valence-corrected chi connectivity index (χ3v) is 3.87. The van der Waals surface area contributed by atoms with E-state index in [-0.39, 0.29) is 5.91 Å². The van der Waals surface area contributed by atoms with Crippen LogP contribution in [0.4, 0.5) is 0 Å². The molecule has 0 aliphatic carbocycles. The summed E-state index contributed by atoms with van der Waals surface area (Å²) in [7, 11) is 0. The highest BCUT2D eigenvalue weighted by Crippen LogP contribution is 2.19. The van der Waals surface area contributed by atoms with Gasteiger partial charge in [0, 0.05) is 25.6 Å². The number of amides is 1. The fourth-order valence-electron chi connectivity index (χ4n) is 2.45. The lowest BCUT2D eigenvalue weighted by atomic mass is 10.1. The summed E-state index contributed by atoms with van der Waals surface area (Å²) in [5, 5.41) is 2.97. The molecule has 1 aliphatic heterocycles. The summed E-state index contributed by atoms with van der Waals surface area (Å²) in [6, 6.07) is 6.58. The summed E-state index contributed by atoms with van der Waals surface area (Å²) in [6.07, 6.45) is 3.37. The van der Waals surface area contributed by atoms with Gasteiger partial charge in [-0.25, -0.2) is 0 Å². The van der Waals surface area contributed by atoms with Gasteiger partial charge in [0.05, 0.1) is 6.61 Å². The second-order valence-corrected chi connectivity index (χ2v) is 5.94. The van der Waals surface area contributed by atoms with Crippen molar-refractivity contribution in [2.75, 3.05) is 19.7 Å². The van der Waals surface area contributed by atoms with E-state index in [1.807, 2.05) is 6.92 Å². The van der Waals surface area contributed by atoms with Crippen molar-refractivity contribution in [1.82, 2.24) is 16.2 Å². The number of carbonyl (C=O) groups excluding carboxylic acids is 1. The molecule has 1 fully saturated rings. The van der Waals surface area contributed by atoms with Crippen LogP contribution in [0.5, 0.6) is 5.75 Å². The van der Waals surface area contributed by atoms with E-state index >= 15 is 0 Å². The minimum atomic E-state index is 0.125. The summed E-state index contributed by atoms with van der Waals surface area (Å²) in [4.78, 5) is 11.7. The van der Waals surface area contributed by atoms with Gasteiger partial charge in [0.15, 0.2) is 0 Å². The topological polar surface area (TPSA) is 62.4 Å². The van der Waals surface area contributed by atoms with Crippen molar-refractivity contribution in [3.8, 4) is 5.75 Å². The van der Waals surface area contributed by atoms with Crippen LogP contribution in [0.15, 0.2) is 18.2 Å². The van der Waals surface area contributed by atoms with E-state index in [0.29, 0.717) is 25.6 Å². The molecule has 1 aromatic rings. The van der Waals surface area contributed by atoms with E-state index in [2.05, 4.69) is 41.3 Å². The number of unbranched alkanes of at least 4 members (excludes halogenated alkanes) is 1. The average molecular weight is 305 g/mol. The molecule has 122 valence electrons. The fraction of sp³-hybridized carbons (Fsp3) is 0.588. The van der Waals surface area contributed by atoms with Gasteiger partial charge in [-0.3, -0.25) is 15.6 Å². The lowest BCUT2D eigenvalue weighted by Crippen LogP contribution is -2.39. The van der Waals surface area contributed by atoms with Crippen LogP contribution in [0.3, 0.4) is 0 Å². The molecular formula is C17H27N3O2. The molecule has 1 aliphatic rings. The van der Waals surface area contributed by atoms with Gasteiger partial charge in [0.2, 0.25) is 5.91 Å². The Morgan fingerprint density at radius 3 is 3.00 bits per heavy atom. The molecule has 1 aromatic carbocycles. The highest BCUT2D eigenvalue weighted by Gasteiger charge is 2.14. The number of rotatable bonds is 8. The Bertz CT molecular complexity index is 485. The molecule has 0 saturated carbocycles. The van der Waals surface area contributed by atoms with Crippen LogP contribution in [0.25, 0.3) is 0 Å². The van der Waals surface area contributed by atoms with Crippen LogP contribution in [0.2, 0.25) is 0 Å². The lowest BCUT2D eigenvalue weighted by molar-refractivity contribution is -0.121. The maximum Gasteiger partial charge on any atom is 0.220 e. The zero-order chi connectivity index (χ0) is 15.8. The zero-order valence-corrected chi connectivity index (χ0v) is 13.6. The molecule has 1 unspecified atom stereocenters. The van der Waals surface area contributed by atoms with Crippen molar-refractivity contribution in [3.05, 3.63) is 29.3 Å². The second-order valence-electron chi connectivity index (χ2n) is 5.94. The molecule has 22 heavy (non-hydrogen) atoms. The summed E-state index contributed by atoms with van der Waals surface area (Å²) >= 11 is 0. The first kappa shape index (κ1) is 16.8. The molecule has 0 aromatic heterocycles. The van der Waals surface area contributed by atoms with Crippen molar-refractivity contribution >= 4 is 5.91 Å². The molecular weight excluding hydrogens is 278 g/mol. The monoisotopic (exact) mass is 305 g/mol. The van der Waals surface area contributed by atoms with Crippen LogP contribution >= 0.6 is 0 Å². The molecule has 1 atom stereocenters. The first-order valence-electron chi connectivity index (χ1n) is 8.10. The van der Waals surface area contributed by atoms with Gasteiger partial charge < -0.3 is 10.1 Å². The van der Waals surface area contributed by atoms with E-state index in [4.69, 9.17) is 4.74 Å². The first-order valence-corrected chi connectivity index (χ1v) is 8.10. The number of hydrazine groups is 1.